The van der Waals surface area contributed by atoms with Crippen molar-refractivity contribution in [2.24, 2.45) is 5.10 Å². The molecule has 0 atom stereocenters. The van der Waals surface area contributed by atoms with Crippen LogP contribution < -0.4 is 0 Å². The summed E-state index contributed by atoms with van der Waals surface area (Å²) in [5.41, 5.74) is 1.43. The van der Waals surface area contributed by atoms with Crippen LogP contribution in [0.4, 0.5) is 0 Å². The Kier molecular flexibility index (Phi) is 3.70. The summed E-state index contributed by atoms with van der Waals surface area (Å²) in [4.78, 5) is 0.333. The number of hydrogen-bond acceptors (Lipinski definition) is 5. The van der Waals surface area contributed by atoms with Gasteiger partial charge in [0.15, 0.2) is 9.84 Å². The van der Waals surface area contributed by atoms with Gasteiger partial charge in [0.25, 0.3) is 0 Å². The van der Waals surface area contributed by atoms with Crippen molar-refractivity contribution in [3.05, 3.63) is 28.8 Å². The largest absolute Gasteiger partial charge is 0.378 e. The Morgan fingerprint density at radius 2 is 2.00 bits per heavy atom. The summed E-state index contributed by atoms with van der Waals surface area (Å²) in [5.74, 6) is 0.102. The van der Waals surface area contributed by atoms with Crippen LogP contribution in [0.3, 0.4) is 0 Å². The standard InChI is InChI=1S/C13H15ClN2O3S/c14-10-1-2-13-11(9-10)12(3-8-20(13,17)18)15-16-4-6-19-7-5-16/h1-2,9H,3-8H2. The summed E-state index contributed by atoms with van der Waals surface area (Å²) < 4.78 is 29.5. The van der Waals surface area contributed by atoms with Gasteiger partial charge in [-0.2, -0.15) is 5.10 Å². The van der Waals surface area contributed by atoms with Gasteiger partial charge in [-0.05, 0) is 18.2 Å². The van der Waals surface area contributed by atoms with E-state index in [4.69, 9.17) is 16.3 Å². The van der Waals surface area contributed by atoms with Crippen LogP contribution in [-0.4, -0.2) is 51.2 Å². The van der Waals surface area contributed by atoms with Crippen LogP contribution in [0.15, 0.2) is 28.2 Å². The van der Waals surface area contributed by atoms with Crippen molar-refractivity contribution in [1.82, 2.24) is 5.01 Å². The van der Waals surface area contributed by atoms with E-state index in [1.807, 2.05) is 5.01 Å². The zero-order valence-electron chi connectivity index (χ0n) is 10.9. The van der Waals surface area contributed by atoms with Crippen LogP contribution in [0.25, 0.3) is 0 Å². The van der Waals surface area contributed by atoms with Crippen molar-refractivity contribution in [1.29, 1.82) is 0 Å². The van der Waals surface area contributed by atoms with Crippen molar-refractivity contribution in [3.63, 3.8) is 0 Å². The average molecular weight is 315 g/mol. The van der Waals surface area contributed by atoms with Gasteiger partial charge in [0.1, 0.15) is 0 Å². The molecule has 108 valence electrons. The highest BCUT2D eigenvalue weighted by Crippen LogP contribution is 2.28. The molecule has 0 radical (unpaired) electrons. The molecule has 0 N–H and O–H groups in total. The molecule has 1 fully saturated rings. The number of nitrogens with zero attached hydrogens (tertiary/aromatic N) is 2. The first-order valence-corrected chi connectivity index (χ1v) is 8.52. The van der Waals surface area contributed by atoms with E-state index in [0.29, 0.717) is 35.1 Å². The lowest BCUT2D eigenvalue weighted by Crippen LogP contribution is -2.34. The molecule has 2 aliphatic rings. The molecule has 20 heavy (non-hydrogen) atoms. The molecule has 0 unspecified atom stereocenters. The molecule has 1 aromatic rings. The highest BCUT2D eigenvalue weighted by molar-refractivity contribution is 7.91. The summed E-state index contributed by atoms with van der Waals surface area (Å²) >= 11 is 5.99. The predicted molar refractivity (Wildman–Crippen MR) is 77.1 cm³/mol. The van der Waals surface area contributed by atoms with Gasteiger partial charge >= 0.3 is 0 Å². The Hall–Kier alpha value is -1.11. The van der Waals surface area contributed by atoms with E-state index in [2.05, 4.69) is 5.10 Å². The molecule has 0 bridgehead atoms. The van der Waals surface area contributed by atoms with E-state index < -0.39 is 9.84 Å². The maximum atomic E-state index is 12.1. The zero-order valence-corrected chi connectivity index (χ0v) is 12.5. The first kappa shape index (κ1) is 13.9. The van der Waals surface area contributed by atoms with Gasteiger partial charge in [-0.1, -0.05) is 11.6 Å². The number of halogens is 1. The number of fused-ring (bicyclic) bond motifs is 1. The van der Waals surface area contributed by atoms with E-state index in [9.17, 15) is 8.42 Å². The lowest BCUT2D eigenvalue weighted by atomic mass is 10.1. The minimum atomic E-state index is -3.22. The number of benzene rings is 1. The summed E-state index contributed by atoms with van der Waals surface area (Å²) in [6.45, 7) is 2.76. The fourth-order valence-corrected chi connectivity index (χ4v) is 4.04. The third kappa shape index (κ3) is 2.68. The quantitative estimate of drug-likeness (QED) is 0.789. The van der Waals surface area contributed by atoms with Crippen LogP contribution in [0.2, 0.25) is 5.02 Å². The second-order valence-electron chi connectivity index (χ2n) is 4.82. The fourth-order valence-electron chi connectivity index (χ4n) is 2.40. The SMILES string of the molecule is O=S1(=O)CCC(=NN2CCOCC2)c2cc(Cl)ccc21. The number of sulfone groups is 1. The van der Waals surface area contributed by atoms with Crippen molar-refractivity contribution < 1.29 is 13.2 Å². The van der Waals surface area contributed by atoms with E-state index in [-0.39, 0.29) is 5.75 Å². The van der Waals surface area contributed by atoms with Crippen molar-refractivity contribution >= 4 is 27.1 Å². The summed E-state index contributed by atoms with van der Waals surface area (Å²) in [6, 6.07) is 4.86. The first-order chi connectivity index (χ1) is 9.56. The minimum Gasteiger partial charge on any atom is -0.378 e. The van der Waals surface area contributed by atoms with Gasteiger partial charge in [-0.25, -0.2) is 8.42 Å². The third-order valence-corrected chi connectivity index (χ3v) is 5.45. The number of morpholine rings is 1. The van der Waals surface area contributed by atoms with Crippen LogP contribution >= 0.6 is 11.6 Å². The van der Waals surface area contributed by atoms with Crippen LogP contribution in [0.5, 0.6) is 0 Å². The third-order valence-electron chi connectivity index (χ3n) is 3.44. The van der Waals surface area contributed by atoms with Gasteiger partial charge in [0.2, 0.25) is 0 Å². The summed E-state index contributed by atoms with van der Waals surface area (Å²) in [6.07, 6.45) is 0.424. The first-order valence-electron chi connectivity index (χ1n) is 6.49. The van der Waals surface area contributed by atoms with E-state index >= 15 is 0 Å². The Morgan fingerprint density at radius 3 is 2.75 bits per heavy atom. The smallest absolute Gasteiger partial charge is 0.179 e. The van der Waals surface area contributed by atoms with Gasteiger partial charge < -0.3 is 4.74 Å². The number of hydrogen-bond donors (Lipinski definition) is 0. The lowest BCUT2D eigenvalue weighted by Gasteiger charge is -2.27. The van der Waals surface area contributed by atoms with Gasteiger partial charge in [0, 0.05) is 17.0 Å². The molecule has 2 aliphatic heterocycles. The second kappa shape index (κ2) is 5.35. The fraction of sp³-hybridized carbons (Fsp3) is 0.462. The Labute approximate surface area is 123 Å². The van der Waals surface area contributed by atoms with Gasteiger partial charge in [-0.3, -0.25) is 5.01 Å². The van der Waals surface area contributed by atoms with Crippen molar-refractivity contribution in [3.8, 4) is 0 Å². The molecule has 1 aromatic carbocycles. The number of ether oxygens (including phenoxy) is 1. The highest BCUT2D eigenvalue weighted by atomic mass is 35.5. The molecule has 3 rings (SSSR count). The molecule has 0 aliphatic carbocycles. The summed E-state index contributed by atoms with van der Waals surface area (Å²) in [7, 11) is -3.22. The normalized spacial score (nSPS) is 23.6. The molecular formula is C13H15ClN2O3S. The molecule has 5 nitrogen and oxygen atoms in total. The molecule has 7 heteroatoms. The van der Waals surface area contributed by atoms with Crippen molar-refractivity contribution in [2.45, 2.75) is 11.3 Å². The van der Waals surface area contributed by atoms with Gasteiger partial charge in [0.05, 0.1) is 42.7 Å². The van der Waals surface area contributed by atoms with E-state index in [1.165, 1.54) is 0 Å². The topological polar surface area (TPSA) is 59.0 Å². The zero-order chi connectivity index (χ0) is 14.2. The maximum absolute atomic E-state index is 12.1. The van der Waals surface area contributed by atoms with Crippen LogP contribution in [-0.2, 0) is 14.6 Å². The number of hydrazone groups is 1. The maximum Gasteiger partial charge on any atom is 0.179 e. The Bertz CT molecular complexity index is 652. The molecule has 0 spiro atoms. The number of rotatable bonds is 1. The summed E-state index contributed by atoms with van der Waals surface area (Å²) in [5, 5.41) is 7.05. The second-order valence-corrected chi connectivity index (χ2v) is 7.34. The predicted octanol–water partition coefficient (Wildman–Crippen LogP) is 1.55. The molecule has 0 aromatic heterocycles. The molecule has 0 amide bonds. The minimum absolute atomic E-state index is 0.102. The lowest BCUT2D eigenvalue weighted by molar-refractivity contribution is 0.0393. The molecular weight excluding hydrogens is 300 g/mol. The van der Waals surface area contributed by atoms with Crippen LogP contribution in [0, 0.1) is 0 Å². The van der Waals surface area contributed by atoms with Gasteiger partial charge in [-0.15, -0.1) is 0 Å². The molecule has 0 saturated carbocycles. The Morgan fingerprint density at radius 1 is 1.25 bits per heavy atom. The van der Waals surface area contributed by atoms with E-state index in [0.717, 1.165) is 18.8 Å². The average Bonchev–Trinajstić information content (AvgIpc) is 2.43. The Balaban J connectivity index is 2.02. The highest BCUT2D eigenvalue weighted by Gasteiger charge is 2.28. The van der Waals surface area contributed by atoms with Crippen molar-refractivity contribution in [2.75, 3.05) is 32.1 Å². The van der Waals surface area contributed by atoms with Crippen LogP contribution in [0.1, 0.15) is 12.0 Å². The molecule has 2 heterocycles. The molecule has 1 saturated heterocycles. The van der Waals surface area contributed by atoms with E-state index in [1.54, 1.807) is 18.2 Å². The monoisotopic (exact) mass is 314 g/mol.